The summed E-state index contributed by atoms with van der Waals surface area (Å²) in [6.45, 7) is 5.50. The van der Waals surface area contributed by atoms with Gasteiger partial charge in [0.2, 0.25) is 0 Å². The number of nitrogen functional groups attached to an aromatic ring is 1. The predicted molar refractivity (Wildman–Crippen MR) is 76.4 cm³/mol. The Morgan fingerprint density at radius 2 is 2.21 bits per heavy atom. The number of hydrogen-bond acceptors (Lipinski definition) is 3. The van der Waals surface area contributed by atoms with E-state index in [0.29, 0.717) is 12.4 Å². The third-order valence-corrected chi connectivity index (χ3v) is 3.01. The fourth-order valence-electron chi connectivity index (χ4n) is 2.10. The predicted octanol–water partition coefficient (Wildman–Crippen LogP) is 1.93. The third kappa shape index (κ3) is 2.48. The maximum atomic E-state index is 6.15. The molecule has 0 saturated heterocycles. The van der Waals surface area contributed by atoms with Gasteiger partial charge in [-0.1, -0.05) is 19.8 Å². The van der Waals surface area contributed by atoms with Gasteiger partial charge in [-0.25, -0.2) is 4.98 Å². The summed E-state index contributed by atoms with van der Waals surface area (Å²) in [7, 11) is 0. The molecule has 0 radical (unpaired) electrons. The SMILES string of the molecule is C#CCn1c(CC)nc(-c2cnn(CCC)c2)c1N. The lowest BCUT2D eigenvalue weighted by molar-refractivity contribution is 0.603. The molecule has 5 heteroatoms. The van der Waals surface area contributed by atoms with E-state index in [2.05, 4.69) is 22.9 Å². The second kappa shape index (κ2) is 5.61. The van der Waals surface area contributed by atoms with E-state index >= 15 is 0 Å². The summed E-state index contributed by atoms with van der Waals surface area (Å²) >= 11 is 0. The van der Waals surface area contributed by atoms with Crippen LogP contribution in [0.4, 0.5) is 5.82 Å². The van der Waals surface area contributed by atoms with Crippen molar-refractivity contribution in [3.63, 3.8) is 0 Å². The standard InChI is InChI=1S/C14H19N5/c1-4-7-18-10-11(9-16-18)13-14(15)19(8-5-2)12(6-3)17-13/h2,9-10H,4,6-8,15H2,1,3H3. The number of anilines is 1. The molecular weight excluding hydrogens is 238 g/mol. The van der Waals surface area contributed by atoms with Crippen molar-refractivity contribution in [2.24, 2.45) is 0 Å². The summed E-state index contributed by atoms with van der Waals surface area (Å²) in [6, 6.07) is 0. The normalized spacial score (nSPS) is 10.6. The molecule has 0 aromatic carbocycles. The molecule has 2 rings (SSSR count). The van der Waals surface area contributed by atoms with Crippen molar-refractivity contribution in [1.82, 2.24) is 19.3 Å². The van der Waals surface area contributed by atoms with E-state index < -0.39 is 0 Å². The van der Waals surface area contributed by atoms with Crippen LogP contribution in [0.2, 0.25) is 0 Å². The van der Waals surface area contributed by atoms with Gasteiger partial charge in [-0.2, -0.15) is 5.10 Å². The quantitative estimate of drug-likeness (QED) is 0.833. The van der Waals surface area contributed by atoms with Crippen LogP contribution in [0.15, 0.2) is 12.4 Å². The van der Waals surface area contributed by atoms with E-state index in [1.54, 1.807) is 6.20 Å². The number of nitrogens with two attached hydrogens (primary N) is 1. The summed E-state index contributed by atoms with van der Waals surface area (Å²) < 4.78 is 3.78. The van der Waals surface area contributed by atoms with Gasteiger partial charge in [0.05, 0.1) is 12.7 Å². The fraction of sp³-hybridized carbons (Fsp3) is 0.429. The van der Waals surface area contributed by atoms with E-state index in [9.17, 15) is 0 Å². The number of aryl methyl sites for hydroxylation is 2. The zero-order valence-electron chi connectivity index (χ0n) is 11.4. The lowest BCUT2D eigenvalue weighted by Crippen LogP contribution is -2.05. The van der Waals surface area contributed by atoms with Gasteiger partial charge in [0.25, 0.3) is 0 Å². The largest absolute Gasteiger partial charge is 0.383 e. The van der Waals surface area contributed by atoms with Crippen molar-refractivity contribution < 1.29 is 0 Å². The first kappa shape index (κ1) is 13.2. The van der Waals surface area contributed by atoms with Crippen LogP contribution in [-0.4, -0.2) is 19.3 Å². The zero-order valence-corrected chi connectivity index (χ0v) is 11.4. The Hall–Kier alpha value is -2.22. The van der Waals surface area contributed by atoms with Crippen LogP contribution >= 0.6 is 0 Å². The third-order valence-electron chi connectivity index (χ3n) is 3.01. The summed E-state index contributed by atoms with van der Waals surface area (Å²) in [4.78, 5) is 4.58. The highest BCUT2D eigenvalue weighted by Crippen LogP contribution is 2.26. The second-order valence-electron chi connectivity index (χ2n) is 4.40. The molecule has 2 heterocycles. The first-order valence-corrected chi connectivity index (χ1v) is 6.52. The highest BCUT2D eigenvalue weighted by Gasteiger charge is 2.15. The van der Waals surface area contributed by atoms with Gasteiger partial charge in [-0.15, -0.1) is 6.42 Å². The number of nitrogens with zero attached hydrogens (tertiary/aromatic N) is 4. The maximum Gasteiger partial charge on any atom is 0.132 e. The highest BCUT2D eigenvalue weighted by atomic mass is 15.3. The van der Waals surface area contributed by atoms with Crippen molar-refractivity contribution in [3.05, 3.63) is 18.2 Å². The summed E-state index contributed by atoms with van der Waals surface area (Å²) in [5.41, 5.74) is 7.86. The molecule has 2 aromatic rings. The van der Waals surface area contributed by atoms with Crippen LogP contribution in [-0.2, 0) is 19.5 Å². The molecular formula is C14H19N5. The van der Waals surface area contributed by atoms with E-state index in [4.69, 9.17) is 12.2 Å². The van der Waals surface area contributed by atoms with Gasteiger partial charge in [0.15, 0.2) is 0 Å². The lowest BCUT2D eigenvalue weighted by atomic mass is 10.2. The van der Waals surface area contributed by atoms with Crippen LogP contribution in [0.1, 0.15) is 26.1 Å². The van der Waals surface area contributed by atoms with Crippen molar-refractivity contribution in [2.45, 2.75) is 39.8 Å². The Labute approximate surface area is 113 Å². The Kier molecular flexibility index (Phi) is 3.91. The molecule has 0 atom stereocenters. The number of rotatable bonds is 5. The first-order chi connectivity index (χ1) is 9.21. The van der Waals surface area contributed by atoms with Crippen LogP contribution in [0.3, 0.4) is 0 Å². The van der Waals surface area contributed by atoms with Gasteiger partial charge in [0, 0.05) is 24.7 Å². The minimum Gasteiger partial charge on any atom is -0.383 e. The number of hydrogen-bond donors (Lipinski definition) is 1. The number of imidazole rings is 1. The van der Waals surface area contributed by atoms with E-state index in [-0.39, 0.29) is 0 Å². The van der Waals surface area contributed by atoms with E-state index in [0.717, 1.165) is 36.5 Å². The molecule has 2 aromatic heterocycles. The smallest absolute Gasteiger partial charge is 0.132 e. The van der Waals surface area contributed by atoms with Gasteiger partial charge >= 0.3 is 0 Å². The highest BCUT2D eigenvalue weighted by molar-refractivity contribution is 5.70. The Morgan fingerprint density at radius 3 is 2.84 bits per heavy atom. The van der Waals surface area contributed by atoms with Gasteiger partial charge in [-0.05, 0) is 6.42 Å². The molecule has 2 N–H and O–H groups in total. The van der Waals surface area contributed by atoms with Gasteiger partial charge in [0.1, 0.15) is 17.3 Å². The molecule has 0 fully saturated rings. The van der Waals surface area contributed by atoms with Crippen molar-refractivity contribution in [1.29, 1.82) is 0 Å². The molecule has 0 aliphatic carbocycles. The summed E-state index contributed by atoms with van der Waals surface area (Å²) in [5.74, 6) is 4.14. The zero-order chi connectivity index (χ0) is 13.8. The average Bonchev–Trinajstić information content (AvgIpc) is 2.97. The Balaban J connectivity index is 2.41. The maximum absolute atomic E-state index is 6.15. The Bertz CT molecular complexity index is 600. The molecule has 0 aliphatic heterocycles. The van der Waals surface area contributed by atoms with E-state index in [1.807, 2.05) is 22.4 Å². The van der Waals surface area contributed by atoms with Gasteiger partial charge in [-0.3, -0.25) is 4.68 Å². The first-order valence-electron chi connectivity index (χ1n) is 6.52. The van der Waals surface area contributed by atoms with Crippen molar-refractivity contribution in [2.75, 3.05) is 5.73 Å². The molecule has 19 heavy (non-hydrogen) atoms. The van der Waals surface area contributed by atoms with Crippen molar-refractivity contribution in [3.8, 4) is 23.6 Å². The molecule has 5 nitrogen and oxygen atoms in total. The number of aromatic nitrogens is 4. The Morgan fingerprint density at radius 1 is 1.42 bits per heavy atom. The fourth-order valence-corrected chi connectivity index (χ4v) is 2.10. The van der Waals surface area contributed by atoms with Crippen molar-refractivity contribution >= 4 is 5.82 Å². The molecule has 0 saturated carbocycles. The monoisotopic (exact) mass is 257 g/mol. The van der Waals surface area contributed by atoms with Crippen LogP contribution < -0.4 is 5.73 Å². The molecule has 0 unspecified atom stereocenters. The van der Waals surface area contributed by atoms with Crippen LogP contribution in [0, 0.1) is 12.3 Å². The minimum atomic E-state index is 0.450. The van der Waals surface area contributed by atoms with Gasteiger partial charge < -0.3 is 10.3 Å². The molecule has 0 aliphatic rings. The second-order valence-corrected chi connectivity index (χ2v) is 4.40. The molecule has 100 valence electrons. The average molecular weight is 257 g/mol. The minimum absolute atomic E-state index is 0.450. The molecule has 0 amide bonds. The lowest BCUT2D eigenvalue weighted by Gasteiger charge is -2.03. The summed E-state index contributed by atoms with van der Waals surface area (Å²) in [6.07, 6.45) is 11.0. The molecule has 0 bridgehead atoms. The summed E-state index contributed by atoms with van der Waals surface area (Å²) in [5, 5.41) is 4.31. The van der Waals surface area contributed by atoms with Crippen LogP contribution in [0.25, 0.3) is 11.3 Å². The number of terminal acetylenes is 1. The van der Waals surface area contributed by atoms with Crippen LogP contribution in [0.5, 0.6) is 0 Å². The van der Waals surface area contributed by atoms with E-state index in [1.165, 1.54) is 0 Å². The topological polar surface area (TPSA) is 61.7 Å². The molecule has 0 spiro atoms.